The van der Waals surface area contributed by atoms with Crippen LogP contribution in [0.4, 0.5) is 0 Å². The maximum absolute atomic E-state index is 13.2. The van der Waals surface area contributed by atoms with Crippen molar-refractivity contribution in [2.75, 3.05) is 13.1 Å². The van der Waals surface area contributed by atoms with Crippen molar-refractivity contribution in [1.82, 2.24) is 8.87 Å². The molecule has 10 heteroatoms. The first-order chi connectivity index (χ1) is 15.9. The Bertz CT molecular complexity index is 1350. The quantitative estimate of drug-likeness (QED) is 0.347. The highest BCUT2D eigenvalue weighted by Gasteiger charge is 2.26. The second-order valence-electron chi connectivity index (χ2n) is 8.89. The van der Waals surface area contributed by atoms with Gasteiger partial charge in [-0.2, -0.15) is 9.30 Å². The third kappa shape index (κ3) is 5.74. The van der Waals surface area contributed by atoms with Gasteiger partial charge in [-0.1, -0.05) is 62.2 Å². The number of hydrogen-bond acceptors (Lipinski definition) is 4. The van der Waals surface area contributed by atoms with Crippen molar-refractivity contribution in [3.63, 3.8) is 0 Å². The Morgan fingerprint density at radius 3 is 2.09 bits per heavy atom. The highest BCUT2D eigenvalue weighted by atomic mass is 35.5. The van der Waals surface area contributed by atoms with E-state index >= 15 is 0 Å². The summed E-state index contributed by atoms with van der Waals surface area (Å²) < 4.78 is 30.5. The molecule has 1 aromatic heterocycles. The van der Waals surface area contributed by atoms with Gasteiger partial charge in [0.25, 0.3) is 5.91 Å². The van der Waals surface area contributed by atoms with Gasteiger partial charge < -0.3 is 4.57 Å². The van der Waals surface area contributed by atoms with Crippen LogP contribution in [0.3, 0.4) is 0 Å². The topological polar surface area (TPSA) is 71.7 Å². The van der Waals surface area contributed by atoms with Crippen LogP contribution in [-0.4, -0.2) is 36.3 Å². The van der Waals surface area contributed by atoms with Gasteiger partial charge in [-0.05, 0) is 55.2 Å². The van der Waals surface area contributed by atoms with Gasteiger partial charge in [0.2, 0.25) is 10.0 Å². The molecule has 0 aliphatic rings. The molecular weight excluding hydrogens is 513 g/mol. The molecule has 0 saturated carbocycles. The summed E-state index contributed by atoms with van der Waals surface area (Å²) in [6, 6.07) is 9.39. The summed E-state index contributed by atoms with van der Waals surface area (Å²) in [5, 5.41) is 1.08. The van der Waals surface area contributed by atoms with Gasteiger partial charge in [-0.25, -0.2) is 8.42 Å². The van der Waals surface area contributed by atoms with Gasteiger partial charge in [0.1, 0.15) is 0 Å². The zero-order valence-electron chi connectivity index (χ0n) is 19.9. The molecule has 0 spiro atoms. The zero-order chi connectivity index (χ0) is 25.2. The predicted molar refractivity (Wildman–Crippen MR) is 140 cm³/mol. The van der Waals surface area contributed by atoms with Crippen molar-refractivity contribution in [3.05, 3.63) is 56.8 Å². The molecule has 2 aromatic carbocycles. The molecule has 3 rings (SSSR count). The molecule has 0 aliphatic carbocycles. The van der Waals surface area contributed by atoms with Gasteiger partial charge in [0.05, 0.1) is 25.2 Å². The van der Waals surface area contributed by atoms with E-state index in [2.05, 4.69) is 4.99 Å². The molecular formula is C24H29Cl2N3O3S2. The lowest BCUT2D eigenvalue weighted by atomic mass is 10.2. The van der Waals surface area contributed by atoms with E-state index in [1.807, 2.05) is 39.2 Å². The molecule has 0 aliphatic heterocycles. The van der Waals surface area contributed by atoms with E-state index in [0.29, 0.717) is 40.0 Å². The number of halogens is 2. The Hall–Kier alpha value is -1.71. The molecule has 3 aromatic rings. The number of rotatable bonds is 8. The lowest BCUT2D eigenvalue weighted by Gasteiger charge is -2.25. The standard InChI is InChI=1S/C24H29Cl2N3O3S2/c1-6-29-21-19(25)11-12-20(26)22(21)33-24(29)27-23(30)17-7-9-18(10-8-17)34(31,32)28(13-15(2)3)14-16(4)5/h7-12,15-16H,6,13-14H2,1-5H3. The number of sulfonamides is 1. The van der Waals surface area contributed by atoms with Gasteiger partial charge in [0, 0.05) is 25.2 Å². The van der Waals surface area contributed by atoms with E-state index in [4.69, 9.17) is 23.2 Å². The van der Waals surface area contributed by atoms with Gasteiger partial charge in [0.15, 0.2) is 4.80 Å². The Labute approximate surface area is 214 Å². The largest absolute Gasteiger partial charge is 0.315 e. The molecule has 0 fully saturated rings. The van der Waals surface area contributed by atoms with Crippen LogP contribution < -0.4 is 4.80 Å². The Morgan fingerprint density at radius 2 is 1.56 bits per heavy atom. The van der Waals surface area contributed by atoms with Gasteiger partial charge >= 0.3 is 0 Å². The lowest BCUT2D eigenvalue weighted by molar-refractivity contribution is 0.0997. The van der Waals surface area contributed by atoms with Crippen LogP contribution in [0.15, 0.2) is 46.3 Å². The number of hydrogen-bond donors (Lipinski definition) is 0. The number of carbonyl (C=O) groups excluding carboxylic acids is 1. The molecule has 0 bridgehead atoms. The first-order valence-electron chi connectivity index (χ1n) is 11.1. The van der Waals surface area contributed by atoms with E-state index in [1.165, 1.54) is 39.9 Å². The van der Waals surface area contributed by atoms with Crippen molar-refractivity contribution in [2.24, 2.45) is 16.8 Å². The van der Waals surface area contributed by atoms with Crippen LogP contribution in [0.5, 0.6) is 0 Å². The number of amides is 1. The smallest absolute Gasteiger partial charge is 0.279 e. The summed E-state index contributed by atoms with van der Waals surface area (Å²) in [5.41, 5.74) is 1.04. The molecule has 34 heavy (non-hydrogen) atoms. The summed E-state index contributed by atoms with van der Waals surface area (Å²) >= 11 is 14.0. The second kappa shape index (κ2) is 10.9. The number of fused-ring (bicyclic) bond motifs is 1. The number of thiazole rings is 1. The minimum Gasteiger partial charge on any atom is -0.315 e. The number of benzene rings is 2. The van der Waals surface area contributed by atoms with Crippen molar-refractivity contribution >= 4 is 60.7 Å². The van der Waals surface area contributed by atoms with Gasteiger partial charge in [-0.3, -0.25) is 4.79 Å². The molecule has 1 amide bonds. The van der Waals surface area contributed by atoms with E-state index in [9.17, 15) is 13.2 Å². The molecule has 0 unspecified atom stereocenters. The minimum atomic E-state index is -3.67. The maximum atomic E-state index is 13.2. The zero-order valence-corrected chi connectivity index (χ0v) is 23.0. The molecule has 0 radical (unpaired) electrons. The highest BCUT2D eigenvalue weighted by molar-refractivity contribution is 7.89. The average Bonchev–Trinajstić information content (AvgIpc) is 3.14. The monoisotopic (exact) mass is 541 g/mol. The molecule has 0 N–H and O–H groups in total. The Balaban J connectivity index is 1.96. The second-order valence-corrected chi connectivity index (χ2v) is 12.6. The summed E-state index contributed by atoms with van der Waals surface area (Å²) in [6.07, 6.45) is 0. The third-order valence-electron chi connectivity index (χ3n) is 5.12. The first kappa shape index (κ1) is 26.9. The first-order valence-corrected chi connectivity index (χ1v) is 14.1. The summed E-state index contributed by atoms with van der Waals surface area (Å²) in [5.74, 6) is -0.0744. The normalized spacial score (nSPS) is 13.1. The predicted octanol–water partition coefficient (Wildman–Crippen LogP) is 6.07. The number of aromatic nitrogens is 1. The van der Waals surface area contributed by atoms with Crippen LogP contribution in [-0.2, 0) is 16.6 Å². The van der Waals surface area contributed by atoms with E-state index in [-0.39, 0.29) is 16.7 Å². The minimum absolute atomic E-state index is 0.161. The van der Waals surface area contributed by atoms with Crippen molar-refractivity contribution < 1.29 is 13.2 Å². The average molecular weight is 543 g/mol. The number of carbonyl (C=O) groups is 1. The van der Waals surface area contributed by atoms with Crippen molar-refractivity contribution in [3.8, 4) is 0 Å². The van der Waals surface area contributed by atoms with Gasteiger partial charge in [-0.15, -0.1) is 0 Å². The number of nitrogens with zero attached hydrogens (tertiary/aromatic N) is 3. The highest BCUT2D eigenvalue weighted by Crippen LogP contribution is 2.32. The van der Waals surface area contributed by atoms with Crippen LogP contribution in [0.2, 0.25) is 10.0 Å². The molecule has 1 heterocycles. The van der Waals surface area contributed by atoms with E-state index < -0.39 is 15.9 Å². The van der Waals surface area contributed by atoms with Crippen LogP contribution in [0.25, 0.3) is 10.2 Å². The van der Waals surface area contributed by atoms with Crippen molar-refractivity contribution in [1.29, 1.82) is 0 Å². The molecule has 0 saturated heterocycles. The summed E-state index contributed by atoms with van der Waals surface area (Å²) in [6.45, 7) is 11.3. The fourth-order valence-corrected chi connectivity index (χ4v) is 7.12. The SMILES string of the molecule is CCn1c(=NC(=O)c2ccc(S(=O)(=O)N(CC(C)C)CC(C)C)cc2)sc2c(Cl)ccc(Cl)c21. The van der Waals surface area contributed by atoms with Crippen LogP contribution in [0, 0.1) is 11.8 Å². The Kier molecular flexibility index (Phi) is 8.63. The Morgan fingerprint density at radius 1 is 1.00 bits per heavy atom. The molecule has 0 atom stereocenters. The van der Waals surface area contributed by atoms with E-state index in [0.717, 1.165) is 10.2 Å². The summed E-state index contributed by atoms with van der Waals surface area (Å²) in [4.78, 5) is 17.8. The fraction of sp³-hybridized carbons (Fsp3) is 0.417. The van der Waals surface area contributed by atoms with Crippen LogP contribution >= 0.6 is 34.5 Å². The number of aryl methyl sites for hydroxylation is 1. The fourth-order valence-electron chi connectivity index (χ4n) is 3.64. The molecule has 6 nitrogen and oxygen atoms in total. The van der Waals surface area contributed by atoms with Crippen molar-refractivity contribution in [2.45, 2.75) is 46.1 Å². The van der Waals surface area contributed by atoms with E-state index in [1.54, 1.807) is 12.1 Å². The maximum Gasteiger partial charge on any atom is 0.279 e. The summed E-state index contributed by atoms with van der Waals surface area (Å²) in [7, 11) is -3.67. The van der Waals surface area contributed by atoms with Crippen LogP contribution in [0.1, 0.15) is 45.0 Å². The molecule has 184 valence electrons. The lowest BCUT2D eigenvalue weighted by Crippen LogP contribution is -2.37. The third-order valence-corrected chi connectivity index (χ3v) is 8.81.